The summed E-state index contributed by atoms with van der Waals surface area (Å²) in [6, 6.07) is 7.93. The summed E-state index contributed by atoms with van der Waals surface area (Å²) in [5, 5.41) is 0.762. The van der Waals surface area contributed by atoms with Crippen molar-refractivity contribution in [2.45, 2.75) is 25.7 Å². The number of hydrogen-bond donors (Lipinski definition) is 0. The first-order valence-electron chi connectivity index (χ1n) is 8.58. The van der Waals surface area contributed by atoms with Crippen LogP contribution in [-0.4, -0.2) is 50.2 Å². The molecule has 1 aromatic rings. The number of benzene rings is 1. The van der Waals surface area contributed by atoms with Crippen molar-refractivity contribution in [2.24, 2.45) is 5.92 Å². The molecule has 1 aromatic carbocycles. The van der Waals surface area contributed by atoms with Gasteiger partial charge in [-0.25, -0.2) is 0 Å². The number of anilines is 1. The van der Waals surface area contributed by atoms with Crippen LogP contribution in [-0.2, 0) is 9.53 Å². The molecule has 3 rings (SSSR count). The Labute approximate surface area is 143 Å². The molecule has 4 nitrogen and oxygen atoms in total. The molecule has 2 aliphatic heterocycles. The van der Waals surface area contributed by atoms with Crippen molar-refractivity contribution in [1.82, 2.24) is 4.90 Å². The van der Waals surface area contributed by atoms with E-state index in [0.29, 0.717) is 18.2 Å². The largest absolute Gasteiger partial charge is 0.381 e. The monoisotopic (exact) mass is 336 g/mol. The van der Waals surface area contributed by atoms with Gasteiger partial charge < -0.3 is 14.5 Å². The Morgan fingerprint density at radius 1 is 1.17 bits per heavy atom. The van der Waals surface area contributed by atoms with Gasteiger partial charge in [0.1, 0.15) is 0 Å². The van der Waals surface area contributed by atoms with Gasteiger partial charge in [-0.1, -0.05) is 17.7 Å². The highest BCUT2D eigenvalue weighted by Crippen LogP contribution is 2.23. The molecule has 126 valence electrons. The van der Waals surface area contributed by atoms with Crippen LogP contribution in [0.1, 0.15) is 25.7 Å². The van der Waals surface area contributed by atoms with Gasteiger partial charge in [0.25, 0.3) is 0 Å². The summed E-state index contributed by atoms with van der Waals surface area (Å²) in [5.74, 6) is 0.975. The van der Waals surface area contributed by atoms with Crippen LogP contribution in [0.15, 0.2) is 24.3 Å². The van der Waals surface area contributed by atoms with Gasteiger partial charge in [-0.15, -0.1) is 0 Å². The van der Waals surface area contributed by atoms with Gasteiger partial charge in [-0.2, -0.15) is 0 Å². The highest BCUT2D eigenvalue weighted by molar-refractivity contribution is 6.30. The Morgan fingerprint density at radius 2 is 1.91 bits per heavy atom. The van der Waals surface area contributed by atoms with Gasteiger partial charge >= 0.3 is 0 Å². The van der Waals surface area contributed by atoms with Gasteiger partial charge in [-0.05, 0) is 43.4 Å². The minimum Gasteiger partial charge on any atom is -0.381 e. The highest BCUT2D eigenvalue weighted by Gasteiger charge is 2.22. The fraction of sp³-hybridized carbons (Fsp3) is 0.611. The second-order valence-electron chi connectivity index (χ2n) is 6.44. The molecule has 2 fully saturated rings. The predicted molar refractivity (Wildman–Crippen MR) is 93.0 cm³/mol. The zero-order valence-electron chi connectivity index (χ0n) is 13.5. The first-order valence-corrected chi connectivity index (χ1v) is 8.96. The first-order chi connectivity index (χ1) is 11.2. The van der Waals surface area contributed by atoms with Crippen molar-refractivity contribution in [1.29, 1.82) is 0 Å². The average Bonchev–Trinajstić information content (AvgIpc) is 2.61. The SMILES string of the molecule is O=C(CCC1CCOCC1)N1CCN(c2cccc(Cl)c2)CC1. The van der Waals surface area contributed by atoms with Gasteiger partial charge in [0.2, 0.25) is 5.91 Å². The molecule has 0 unspecified atom stereocenters. The maximum atomic E-state index is 12.4. The molecule has 0 atom stereocenters. The lowest BCUT2D eigenvalue weighted by Crippen LogP contribution is -2.48. The number of hydrogen-bond acceptors (Lipinski definition) is 3. The summed E-state index contributed by atoms with van der Waals surface area (Å²) in [5.41, 5.74) is 1.15. The fourth-order valence-electron chi connectivity index (χ4n) is 3.41. The molecular formula is C18H25ClN2O2. The van der Waals surface area contributed by atoms with Crippen molar-refractivity contribution in [3.05, 3.63) is 29.3 Å². The first kappa shape index (κ1) is 16.6. The molecule has 2 heterocycles. The van der Waals surface area contributed by atoms with E-state index in [2.05, 4.69) is 11.0 Å². The predicted octanol–water partition coefficient (Wildman–Crippen LogP) is 3.20. The van der Waals surface area contributed by atoms with E-state index in [-0.39, 0.29) is 0 Å². The van der Waals surface area contributed by atoms with Crippen LogP contribution in [0, 0.1) is 5.92 Å². The van der Waals surface area contributed by atoms with Crippen molar-refractivity contribution >= 4 is 23.2 Å². The third kappa shape index (κ3) is 4.61. The topological polar surface area (TPSA) is 32.8 Å². The lowest BCUT2D eigenvalue weighted by molar-refractivity contribution is -0.132. The molecule has 1 amide bonds. The zero-order chi connectivity index (χ0) is 16.1. The summed E-state index contributed by atoms with van der Waals surface area (Å²) in [6.45, 7) is 5.08. The van der Waals surface area contributed by atoms with Crippen molar-refractivity contribution in [3.8, 4) is 0 Å². The van der Waals surface area contributed by atoms with Crippen LogP contribution in [0.25, 0.3) is 0 Å². The third-order valence-corrected chi connectivity index (χ3v) is 5.15. The van der Waals surface area contributed by atoms with Crippen LogP contribution >= 0.6 is 11.6 Å². The number of piperazine rings is 1. The van der Waals surface area contributed by atoms with E-state index in [4.69, 9.17) is 16.3 Å². The van der Waals surface area contributed by atoms with Gasteiger partial charge in [-0.3, -0.25) is 4.79 Å². The number of carbonyl (C=O) groups is 1. The summed E-state index contributed by atoms with van der Waals surface area (Å²) in [7, 11) is 0. The second kappa shape index (κ2) is 8.02. The molecule has 2 aliphatic rings. The van der Waals surface area contributed by atoms with E-state index < -0.39 is 0 Å². The smallest absolute Gasteiger partial charge is 0.222 e. The molecule has 0 saturated carbocycles. The number of carbonyl (C=O) groups excluding carboxylic acids is 1. The molecule has 0 aliphatic carbocycles. The lowest BCUT2D eigenvalue weighted by Gasteiger charge is -2.36. The van der Waals surface area contributed by atoms with E-state index in [1.165, 1.54) is 0 Å². The van der Waals surface area contributed by atoms with E-state index in [1.807, 2.05) is 23.1 Å². The van der Waals surface area contributed by atoms with Crippen molar-refractivity contribution < 1.29 is 9.53 Å². The molecule has 0 N–H and O–H groups in total. The van der Waals surface area contributed by atoms with Gasteiger partial charge in [0.05, 0.1) is 0 Å². The minimum atomic E-state index is 0.308. The number of rotatable bonds is 4. The molecule has 23 heavy (non-hydrogen) atoms. The van der Waals surface area contributed by atoms with E-state index in [1.54, 1.807) is 0 Å². The number of halogens is 1. The molecular weight excluding hydrogens is 312 g/mol. The van der Waals surface area contributed by atoms with Gasteiger partial charge in [0, 0.05) is 56.5 Å². The van der Waals surface area contributed by atoms with Crippen LogP contribution < -0.4 is 4.90 Å². The van der Waals surface area contributed by atoms with Crippen LogP contribution in [0.2, 0.25) is 5.02 Å². The van der Waals surface area contributed by atoms with Gasteiger partial charge in [0.15, 0.2) is 0 Å². The molecule has 0 bridgehead atoms. The number of amides is 1. The molecule has 0 radical (unpaired) electrons. The Hall–Kier alpha value is -1.26. The summed E-state index contributed by atoms with van der Waals surface area (Å²) in [4.78, 5) is 16.7. The van der Waals surface area contributed by atoms with Crippen molar-refractivity contribution in [2.75, 3.05) is 44.3 Å². The summed E-state index contributed by atoms with van der Waals surface area (Å²) in [6.07, 6.45) is 3.91. The Balaban J connectivity index is 1.43. The quantitative estimate of drug-likeness (QED) is 0.846. The molecule has 2 saturated heterocycles. The molecule has 0 spiro atoms. The summed E-state index contributed by atoms with van der Waals surface area (Å²) >= 11 is 6.06. The van der Waals surface area contributed by atoms with E-state index >= 15 is 0 Å². The average molecular weight is 337 g/mol. The van der Waals surface area contributed by atoms with Crippen LogP contribution in [0.4, 0.5) is 5.69 Å². The van der Waals surface area contributed by atoms with E-state index in [0.717, 1.165) is 69.4 Å². The Morgan fingerprint density at radius 3 is 2.61 bits per heavy atom. The summed E-state index contributed by atoms with van der Waals surface area (Å²) < 4.78 is 5.37. The van der Waals surface area contributed by atoms with Crippen molar-refractivity contribution in [3.63, 3.8) is 0 Å². The number of nitrogens with zero attached hydrogens (tertiary/aromatic N) is 2. The highest BCUT2D eigenvalue weighted by atomic mass is 35.5. The van der Waals surface area contributed by atoms with Crippen LogP contribution in [0.3, 0.4) is 0 Å². The standard InChI is InChI=1S/C18H25ClN2O2/c19-16-2-1-3-17(14-16)20-8-10-21(11-9-20)18(22)5-4-15-6-12-23-13-7-15/h1-3,14-15H,4-13H2. The third-order valence-electron chi connectivity index (χ3n) is 4.91. The Kier molecular flexibility index (Phi) is 5.79. The molecule has 5 heteroatoms. The molecule has 0 aromatic heterocycles. The second-order valence-corrected chi connectivity index (χ2v) is 6.88. The Bertz CT molecular complexity index is 524. The zero-order valence-corrected chi connectivity index (χ0v) is 14.3. The maximum Gasteiger partial charge on any atom is 0.222 e. The lowest BCUT2D eigenvalue weighted by atomic mass is 9.94. The fourth-order valence-corrected chi connectivity index (χ4v) is 3.59. The minimum absolute atomic E-state index is 0.308. The normalized spacial score (nSPS) is 19.9. The van der Waals surface area contributed by atoms with Crippen LogP contribution in [0.5, 0.6) is 0 Å². The maximum absolute atomic E-state index is 12.4. The van der Waals surface area contributed by atoms with E-state index in [9.17, 15) is 4.79 Å². The number of ether oxygens (including phenoxy) is 1.